The second-order valence-corrected chi connectivity index (χ2v) is 6.82. The van der Waals surface area contributed by atoms with Crippen LogP contribution in [0.4, 0.5) is 8.78 Å². The first-order chi connectivity index (χ1) is 11.1. The Labute approximate surface area is 136 Å². The summed E-state index contributed by atoms with van der Waals surface area (Å²) in [7, 11) is 0. The van der Waals surface area contributed by atoms with E-state index in [0.29, 0.717) is 18.5 Å². The van der Waals surface area contributed by atoms with Gasteiger partial charge in [-0.3, -0.25) is 4.90 Å². The Bertz CT molecular complexity index is 520. The van der Waals surface area contributed by atoms with Gasteiger partial charge in [-0.1, -0.05) is 6.42 Å². The third-order valence-electron chi connectivity index (χ3n) is 5.07. The highest BCUT2D eigenvalue weighted by Gasteiger charge is 2.33. The first-order valence-corrected chi connectivity index (χ1v) is 8.73. The minimum Gasteiger partial charge on any atom is -0.392 e. The number of halogens is 2. The Morgan fingerprint density at radius 1 is 1.09 bits per heavy atom. The van der Waals surface area contributed by atoms with Crippen molar-refractivity contribution in [2.45, 2.75) is 44.2 Å². The maximum Gasteiger partial charge on any atom is 0.128 e. The largest absolute Gasteiger partial charge is 0.392 e. The van der Waals surface area contributed by atoms with Crippen molar-refractivity contribution in [1.29, 1.82) is 0 Å². The summed E-state index contributed by atoms with van der Waals surface area (Å²) < 4.78 is 27.5. The molecule has 0 bridgehead atoms. The molecule has 3 rings (SSSR count). The molecule has 2 aliphatic rings. The highest BCUT2D eigenvalue weighted by atomic mass is 19.1. The molecular formula is C18H26F2N2O. The molecule has 2 atom stereocenters. The van der Waals surface area contributed by atoms with Crippen LogP contribution in [0.2, 0.25) is 0 Å². The van der Waals surface area contributed by atoms with Gasteiger partial charge in [0.05, 0.1) is 6.10 Å². The molecule has 23 heavy (non-hydrogen) atoms. The molecule has 0 amide bonds. The molecule has 0 spiro atoms. The first kappa shape index (κ1) is 16.8. The lowest BCUT2D eigenvalue weighted by atomic mass is 10.0. The number of β-amino-alcohol motifs (C(OH)–C–C–N with tert-alkyl or cyclic N) is 1. The molecule has 0 radical (unpaired) electrons. The van der Waals surface area contributed by atoms with E-state index >= 15 is 0 Å². The zero-order valence-corrected chi connectivity index (χ0v) is 13.6. The van der Waals surface area contributed by atoms with E-state index in [0.717, 1.165) is 25.6 Å². The van der Waals surface area contributed by atoms with Crippen LogP contribution in [0.1, 0.15) is 43.7 Å². The van der Waals surface area contributed by atoms with Gasteiger partial charge in [0.15, 0.2) is 0 Å². The van der Waals surface area contributed by atoms with Crippen molar-refractivity contribution in [3.63, 3.8) is 0 Å². The van der Waals surface area contributed by atoms with E-state index in [-0.39, 0.29) is 11.9 Å². The molecule has 2 aliphatic heterocycles. The highest BCUT2D eigenvalue weighted by Crippen LogP contribution is 2.34. The van der Waals surface area contributed by atoms with Crippen LogP contribution in [-0.2, 0) is 0 Å². The van der Waals surface area contributed by atoms with Crippen molar-refractivity contribution in [2.24, 2.45) is 0 Å². The van der Waals surface area contributed by atoms with E-state index in [1.165, 1.54) is 44.5 Å². The average Bonchev–Trinajstić information content (AvgIpc) is 2.91. The van der Waals surface area contributed by atoms with Crippen molar-refractivity contribution >= 4 is 0 Å². The molecule has 128 valence electrons. The number of hydrogen-bond donors (Lipinski definition) is 1. The van der Waals surface area contributed by atoms with Gasteiger partial charge >= 0.3 is 0 Å². The molecule has 2 heterocycles. The van der Waals surface area contributed by atoms with E-state index in [9.17, 15) is 13.9 Å². The molecule has 1 N–H and O–H groups in total. The fourth-order valence-corrected chi connectivity index (χ4v) is 3.90. The van der Waals surface area contributed by atoms with Crippen molar-refractivity contribution in [3.8, 4) is 0 Å². The van der Waals surface area contributed by atoms with E-state index in [1.807, 2.05) is 0 Å². The topological polar surface area (TPSA) is 26.7 Å². The highest BCUT2D eigenvalue weighted by molar-refractivity contribution is 5.23. The number of benzene rings is 1. The SMILES string of the molecule is OC1CC(c2cc(F)ccc2F)N(CCCN2CCCCC2)C1. The maximum absolute atomic E-state index is 14.1. The number of piperidine rings is 1. The predicted molar refractivity (Wildman–Crippen MR) is 86.2 cm³/mol. The monoisotopic (exact) mass is 324 g/mol. The van der Waals surface area contributed by atoms with Gasteiger partial charge in [0.1, 0.15) is 11.6 Å². The summed E-state index contributed by atoms with van der Waals surface area (Å²) in [5, 5.41) is 9.97. The Balaban J connectivity index is 1.59. The van der Waals surface area contributed by atoms with Crippen LogP contribution in [0.15, 0.2) is 18.2 Å². The summed E-state index contributed by atoms with van der Waals surface area (Å²) >= 11 is 0. The summed E-state index contributed by atoms with van der Waals surface area (Å²) in [5.74, 6) is -0.803. The van der Waals surface area contributed by atoms with Gasteiger partial charge in [0.2, 0.25) is 0 Å². The van der Waals surface area contributed by atoms with E-state index in [1.54, 1.807) is 0 Å². The smallest absolute Gasteiger partial charge is 0.128 e. The lowest BCUT2D eigenvalue weighted by molar-refractivity contribution is 0.166. The van der Waals surface area contributed by atoms with Crippen LogP contribution >= 0.6 is 0 Å². The molecule has 1 aromatic rings. The molecule has 5 heteroatoms. The van der Waals surface area contributed by atoms with Gasteiger partial charge in [-0.05, 0) is 63.5 Å². The number of rotatable bonds is 5. The molecule has 0 aromatic heterocycles. The summed E-state index contributed by atoms with van der Waals surface area (Å²) in [5.41, 5.74) is 0.375. The molecular weight excluding hydrogens is 298 g/mol. The van der Waals surface area contributed by atoms with Gasteiger partial charge in [-0.2, -0.15) is 0 Å². The summed E-state index contributed by atoms with van der Waals surface area (Å²) in [6.07, 6.45) is 4.90. The van der Waals surface area contributed by atoms with Crippen LogP contribution in [-0.4, -0.2) is 53.7 Å². The average molecular weight is 324 g/mol. The second-order valence-electron chi connectivity index (χ2n) is 6.82. The number of aliphatic hydroxyl groups excluding tert-OH is 1. The summed E-state index contributed by atoms with van der Waals surface area (Å²) in [4.78, 5) is 4.58. The normalized spacial score (nSPS) is 26.7. The minimum absolute atomic E-state index is 0.220. The third kappa shape index (κ3) is 4.28. The first-order valence-electron chi connectivity index (χ1n) is 8.73. The quantitative estimate of drug-likeness (QED) is 0.902. The van der Waals surface area contributed by atoms with Crippen LogP contribution in [0.5, 0.6) is 0 Å². The number of aliphatic hydroxyl groups is 1. The molecule has 3 nitrogen and oxygen atoms in total. The number of likely N-dealkylation sites (tertiary alicyclic amines) is 2. The standard InChI is InChI=1S/C18H26F2N2O/c19-14-5-6-17(20)16(11-14)18-12-15(23)13-22(18)10-4-9-21-7-2-1-3-8-21/h5-6,11,15,18,23H,1-4,7-10,12-13H2. The van der Waals surface area contributed by atoms with Crippen LogP contribution < -0.4 is 0 Å². The Morgan fingerprint density at radius 3 is 2.65 bits per heavy atom. The van der Waals surface area contributed by atoms with Gasteiger partial charge in [-0.25, -0.2) is 8.78 Å². The van der Waals surface area contributed by atoms with Gasteiger partial charge in [0.25, 0.3) is 0 Å². The van der Waals surface area contributed by atoms with Crippen molar-refractivity contribution < 1.29 is 13.9 Å². The Kier molecular flexibility index (Phi) is 5.62. The number of nitrogens with zero attached hydrogens (tertiary/aromatic N) is 2. The van der Waals surface area contributed by atoms with E-state index in [4.69, 9.17) is 0 Å². The van der Waals surface area contributed by atoms with Gasteiger partial charge in [0, 0.05) is 24.7 Å². The molecule has 2 saturated heterocycles. The molecule has 2 fully saturated rings. The number of hydrogen-bond acceptors (Lipinski definition) is 3. The molecule has 0 saturated carbocycles. The molecule has 1 aromatic carbocycles. The second kappa shape index (κ2) is 7.69. The zero-order valence-electron chi connectivity index (χ0n) is 13.6. The fraction of sp³-hybridized carbons (Fsp3) is 0.667. The Hall–Kier alpha value is -1.04. The van der Waals surface area contributed by atoms with Crippen molar-refractivity contribution in [2.75, 3.05) is 32.7 Å². The predicted octanol–water partition coefficient (Wildman–Crippen LogP) is 2.95. The van der Waals surface area contributed by atoms with Gasteiger partial charge < -0.3 is 10.0 Å². The van der Waals surface area contributed by atoms with E-state index < -0.39 is 11.9 Å². The van der Waals surface area contributed by atoms with Crippen LogP contribution in [0, 0.1) is 11.6 Å². The van der Waals surface area contributed by atoms with Crippen molar-refractivity contribution in [1.82, 2.24) is 9.80 Å². The fourth-order valence-electron chi connectivity index (χ4n) is 3.90. The Morgan fingerprint density at radius 2 is 1.87 bits per heavy atom. The van der Waals surface area contributed by atoms with Crippen LogP contribution in [0.25, 0.3) is 0 Å². The molecule has 2 unspecified atom stereocenters. The minimum atomic E-state index is -0.461. The van der Waals surface area contributed by atoms with Crippen LogP contribution in [0.3, 0.4) is 0 Å². The molecule has 0 aliphatic carbocycles. The maximum atomic E-state index is 14.1. The van der Waals surface area contributed by atoms with E-state index in [2.05, 4.69) is 9.80 Å². The third-order valence-corrected chi connectivity index (χ3v) is 5.07. The zero-order chi connectivity index (χ0) is 16.2. The van der Waals surface area contributed by atoms with Crippen molar-refractivity contribution in [3.05, 3.63) is 35.4 Å². The lowest BCUT2D eigenvalue weighted by Gasteiger charge is -2.29. The summed E-state index contributed by atoms with van der Waals surface area (Å²) in [6, 6.07) is 3.38. The summed E-state index contributed by atoms with van der Waals surface area (Å²) in [6.45, 7) is 4.74. The lowest BCUT2D eigenvalue weighted by Crippen LogP contribution is -2.33. The van der Waals surface area contributed by atoms with Gasteiger partial charge in [-0.15, -0.1) is 0 Å².